The summed E-state index contributed by atoms with van der Waals surface area (Å²) in [7, 11) is 0. The molecule has 3 aromatic rings. The number of fused-ring (bicyclic) bond motifs is 1. The summed E-state index contributed by atoms with van der Waals surface area (Å²) in [5.41, 5.74) is 7.35. The lowest BCUT2D eigenvalue weighted by atomic mass is 10.0. The van der Waals surface area contributed by atoms with Crippen molar-refractivity contribution in [2.24, 2.45) is 0 Å². The Kier molecular flexibility index (Phi) is 2.84. The van der Waals surface area contributed by atoms with Gasteiger partial charge in [-0.2, -0.15) is 0 Å². The van der Waals surface area contributed by atoms with Crippen molar-refractivity contribution in [2.75, 3.05) is 5.73 Å². The van der Waals surface area contributed by atoms with E-state index in [1.807, 2.05) is 24.3 Å². The molecule has 2 nitrogen and oxygen atoms in total. The lowest BCUT2D eigenvalue weighted by Gasteiger charge is -2.06. The van der Waals surface area contributed by atoms with Gasteiger partial charge in [-0.05, 0) is 41.3 Å². The largest absolute Gasteiger partial charge is 0.384 e. The van der Waals surface area contributed by atoms with E-state index in [0.717, 1.165) is 21.9 Å². The topological polar surface area (TPSA) is 38.9 Å². The van der Waals surface area contributed by atoms with E-state index in [4.69, 9.17) is 17.3 Å². The molecule has 94 valence electrons. The Balaban J connectivity index is 2.17. The summed E-state index contributed by atoms with van der Waals surface area (Å²) in [5, 5.41) is 2.37. The summed E-state index contributed by atoms with van der Waals surface area (Å²) in [6.07, 6.45) is 1.71. The van der Waals surface area contributed by atoms with Crippen molar-refractivity contribution in [1.29, 1.82) is 0 Å². The average molecular weight is 273 g/mol. The molecule has 2 aromatic carbocycles. The average Bonchev–Trinajstić information content (AvgIpc) is 2.38. The van der Waals surface area contributed by atoms with Gasteiger partial charge in [-0.3, -0.25) is 0 Å². The van der Waals surface area contributed by atoms with Crippen LogP contribution in [-0.4, -0.2) is 4.98 Å². The Labute approximate surface area is 114 Å². The van der Waals surface area contributed by atoms with Crippen LogP contribution in [0, 0.1) is 5.82 Å². The zero-order chi connectivity index (χ0) is 13.4. The molecule has 0 atom stereocenters. The normalized spacial score (nSPS) is 10.8. The van der Waals surface area contributed by atoms with Crippen molar-refractivity contribution in [1.82, 2.24) is 4.98 Å². The van der Waals surface area contributed by atoms with Gasteiger partial charge in [0.2, 0.25) is 0 Å². The Morgan fingerprint density at radius 3 is 2.63 bits per heavy atom. The van der Waals surface area contributed by atoms with Crippen molar-refractivity contribution in [2.45, 2.75) is 0 Å². The monoisotopic (exact) mass is 272 g/mol. The number of nitrogens with zero attached hydrogens (tertiary/aromatic N) is 1. The van der Waals surface area contributed by atoms with E-state index in [1.54, 1.807) is 12.3 Å². The van der Waals surface area contributed by atoms with E-state index in [2.05, 4.69) is 4.98 Å². The summed E-state index contributed by atoms with van der Waals surface area (Å²) in [5.74, 6) is 0.143. The molecule has 0 saturated heterocycles. The highest BCUT2D eigenvalue weighted by atomic mass is 35.5. The smallest absolute Gasteiger partial charge is 0.124 e. The van der Waals surface area contributed by atoms with Crippen LogP contribution in [-0.2, 0) is 0 Å². The van der Waals surface area contributed by atoms with Crippen molar-refractivity contribution < 1.29 is 4.39 Å². The number of rotatable bonds is 1. The van der Waals surface area contributed by atoms with Gasteiger partial charge in [0, 0.05) is 17.1 Å². The Morgan fingerprint density at radius 1 is 1.00 bits per heavy atom. The number of anilines is 1. The van der Waals surface area contributed by atoms with Crippen LogP contribution in [0.1, 0.15) is 0 Å². The highest BCUT2D eigenvalue weighted by Crippen LogP contribution is 2.30. The van der Waals surface area contributed by atoms with Gasteiger partial charge in [-0.15, -0.1) is 0 Å². The molecule has 0 radical (unpaired) electrons. The van der Waals surface area contributed by atoms with Gasteiger partial charge in [0.05, 0.1) is 5.02 Å². The van der Waals surface area contributed by atoms with E-state index in [-0.39, 0.29) is 5.82 Å². The molecule has 0 aliphatic heterocycles. The molecule has 1 aromatic heterocycles. The summed E-state index contributed by atoms with van der Waals surface area (Å²) in [6.45, 7) is 0. The number of pyridine rings is 1. The summed E-state index contributed by atoms with van der Waals surface area (Å²) >= 11 is 6.06. The van der Waals surface area contributed by atoms with E-state index >= 15 is 0 Å². The van der Waals surface area contributed by atoms with Crippen LogP contribution in [0.4, 0.5) is 10.2 Å². The van der Waals surface area contributed by atoms with Crippen LogP contribution in [0.2, 0.25) is 5.02 Å². The maximum absolute atomic E-state index is 13.1. The van der Waals surface area contributed by atoms with Gasteiger partial charge < -0.3 is 5.73 Å². The maximum Gasteiger partial charge on any atom is 0.124 e. The zero-order valence-electron chi connectivity index (χ0n) is 9.90. The highest BCUT2D eigenvalue weighted by molar-refractivity contribution is 6.33. The molecule has 0 saturated carbocycles. The van der Waals surface area contributed by atoms with Crippen LogP contribution in [0.25, 0.3) is 21.9 Å². The molecule has 0 unspecified atom stereocenters. The minimum Gasteiger partial charge on any atom is -0.384 e. The van der Waals surface area contributed by atoms with Gasteiger partial charge in [0.1, 0.15) is 11.6 Å². The van der Waals surface area contributed by atoms with E-state index in [0.29, 0.717) is 10.8 Å². The number of benzene rings is 2. The number of hydrogen-bond donors (Lipinski definition) is 1. The van der Waals surface area contributed by atoms with Gasteiger partial charge >= 0.3 is 0 Å². The number of nitrogens with two attached hydrogens (primary N) is 1. The quantitative estimate of drug-likeness (QED) is 0.718. The number of aromatic nitrogens is 1. The predicted octanol–water partition coefficient (Wildman–Crippen LogP) is 4.28. The summed E-state index contributed by atoms with van der Waals surface area (Å²) < 4.78 is 13.1. The number of halogens is 2. The predicted molar refractivity (Wildman–Crippen MR) is 76.6 cm³/mol. The number of nitrogen functional groups attached to an aromatic ring is 1. The third-order valence-electron chi connectivity index (χ3n) is 2.99. The van der Waals surface area contributed by atoms with Crippen LogP contribution >= 0.6 is 11.6 Å². The first-order valence-electron chi connectivity index (χ1n) is 5.74. The fourth-order valence-corrected chi connectivity index (χ4v) is 2.33. The van der Waals surface area contributed by atoms with Crippen LogP contribution in [0.5, 0.6) is 0 Å². The molecule has 19 heavy (non-hydrogen) atoms. The molecule has 0 aliphatic carbocycles. The first-order valence-corrected chi connectivity index (χ1v) is 6.12. The van der Waals surface area contributed by atoms with Crippen LogP contribution in [0.3, 0.4) is 0 Å². The lowest BCUT2D eigenvalue weighted by molar-refractivity contribution is 0.628. The zero-order valence-corrected chi connectivity index (χ0v) is 10.7. The molecule has 0 bridgehead atoms. The molecule has 0 aliphatic rings. The van der Waals surface area contributed by atoms with E-state index in [1.165, 1.54) is 12.1 Å². The van der Waals surface area contributed by atoms with Gasteiger partial charge in [0.25, 0.3) is 0 Å². The van der Waals surface area contributed by atoms with Gasteiger partial charge in [-0.1, -0.05) is 23.7 Å². The standard InChI is InChI=1S/C15H10ClFN2/c16-14-7-12(17)3-4-13(14)10-2-1-9-6-15(18)19-8-11(9)5-10/h1-8H,(H2,18,19). The minimum absolute atomic E-state index is 0.344. The van der Waals surface area contributed by atoms with E-state index < -0.39 is 0 Å². The Bertz CT molecular complexity index is 771. The molecular formula is C15H10ClFN2. The highest BCUT2D eigenvalue weighted by Gasteiger charge is 2.06. The second-order valence-electron chi connectivity index (χ2n) is 4.30. The van der Waals surface area contributed by atoms with Crippen LogP contribution in [0.15, 0.2) is 48.7 Å². The minimum atomic E-state index is -0.344. The van der Waals surface area contributed by atoms with Crippen molar-refractivity contribution in [3.05, 3.63) is 59.5 Å². The van der Waals surface area contributed by atoms with Crippen molar-refractivity contribution in [3.63, 3.8) is 0 Å². The second kappa shape index (κ2) is 4.52. The molecule has 0 amide bonds. The summed E-state index contributed by atoms with van der Waals surface area (Å²) in [6, 6.07) is 12.0. The first-order chi connectivity index (χ1) is 9.13. The third kappa shape index (κ3) is 2.25. The molecule has 0 spiro atoms. The maximum atomic E-state index is 13.1. The third-order valence-corrected chi connectivity index (χ3v) is 3.30. The van der Waals surface area contributed by atoms with Gasteiger partial charge in [-0.25, -0.2) is 9.37 Å². The molecular weight excluding hydrogens is 263 g/mol. The van der Waals surface area contributed by atoms with E-state index in [9.17, 15) is 4.39 Å². The SMILES string of the molecule is Nc1cc2ccc(-c3ccc(F)cc3Cl)cc2cn1. The lowest BCUT2D eigenvalue weighted by Crippen LogP contribution is -1.89. The second-order valence-corrected chi connectivity index (χ2v) is 4.70. The fraction of sp³-hybridized carbons (Fsp3) is 0. The Hall–Kier alpha value is -2.13. The molecule has 4 heteroatoms. The summed E-state index contributed by atoms with van der Waals surface area (Å²) in [4.78, 5) is 4.06. The molecule has 1 heterocycles. The number of hydrogen-bond acceptors (Lipinski definition) is 2. The van der Waals surface area contributed by atoms with Crippen LogP contribution < -0.4 is 5.73 Å². The molecule has 2 N–H and O–H groups in total. The molecule has 0 fully saturated rings. The van der Waals surface area contributed by atoms with Gasteiger partial charge in [0.15, 0.2) is 0 Å². The fourth-order valence-electron chi connectivity index (χ4n) is 2.05. The van der Waals surface area contributed by atoms with Crippen molar-refractivity contribution in [3.8, 4) is 11.1 Å². The Morgan fingerprint density at radius 2 is 1.84 bits per heavy atom. The van der Waals surface area contributed by atoms with Crippen molar-refractivity contribution >= 4 is 28.2 Å². The first kappa shape index (κ1) is 11.9. The molecule has 3 rings (SSSR count).